The molecule has 0 amide bonds. The summed E-state index contributed by atoms with van der Waals surface area (Å²) in [7, 11) is 0. The molecule has 0 saturated heterocycles. The number of aromatic nitrogens is 2. The van der Waals surface area contributed by atoms with Crippen LogP contribution < -0.4 is 10.2 Å². The Labute approximate surface area is 146 Å². The minimum Gasteiger partial charge on any atom is -0.372 e. The first kappa shape index (κ1) is 17.0. The number of halogens is 1. The maximum atomic E-state index is 13.7. The topological polar surface area (TPSA) is 54.2 Å². The van der Waals surface area contributed by atoms with Crippen LogP contribution in [0.5, 0.6) is 0 Å². The van der Waals surface area contributed by atoms with Crippen LogP contribution in [0.25, 0.3) is 11.4 Å². The fraction of sp³-hybridized carbons (Fsp3) is 0.263. The van der Waals surface area contributed by atoms with Gasteiger partial charge in [-0.2, -0.15) is 4.98 Å². The lowest BCUT2D eigenvalue weighted by Gasteiger charge is -2.22. The van der Waals surface area contributed by atoms with Gasteiger partial charge in [0, 0.05) is 25.3 Å². The first-order valence-corrected chi connectivity index (χ1v) is 8.40. The van der Waals surface area contributed by atoms with E-state index in [2.05, 4.69) is 39.4 Å². The maximum Gasteiger partial charge on any atom is 0.321 e. The van der Waals surface area contributed by atoms with Crippen molar-refractivity contribution in [1.29, 1.82) is 0 Å². The molecule has 3 rings (SSSR count). The third kappa shape index (κ3) is 4.35. The first-order valence-electron chi connectivity index (χ1n) is 8.40. The molecular weight excluding hydrogens is 319 g/mol. The van der Waals surface area contributed by atoms with Gasteiger partial charge in [0.1, 0.15) is 5.82 Å². The molecule has 5 nitrogen and oxygen atoms in total. The van der Waals surface area contributed by atoms with Crippen LogP contribution in [0.1, 0.15) is 13.3 Å². The second kappa shape index (κ2) is 8.28. The molecule has 25 heavy (non-hydrogen) atoms. The van der Waals surface area contributed by atoms with Gasteiger partial charge in [-0.15, -0.1) is 0 Å². The SMILES string of the molecule is CCN(CCCNc1nc(-c2ccccc2F)no1)c1ccccc1. The molecule has 1 aromatic heterocycles. The van der Waals surface area contributed by atoms with Gasteiger partial charge in [-0.3, -0.25) is 0 Å². The van der Waals surface area contributed by atoms with Gasteiger partial charge in [0.05, 0.1) is 5.56 Å². The van der Waals surface area contributed by atoms with Gasteiger partial charge in [0.15, 0.2) is 0 Å². The molecule has 0 bridgehead atoms. The van der Waals surface area contributed by atoms with Gasteiger partial charge in [-0.1, -0.05) is 35.5 Å². The van der Waals surface area contributed by atoms with Crippen molar-refractivity contribution in [3.63, 3.8) is 0 Å². The standard InChI is InChI=1S/C19H21FN4O/c1-2-24(15-9-4-3-5-10-15)14-8-13-21-19-22-18(23-25-19)16-11-6-7-12-17(16)20/h3-7,9-12H,2,8,13-14H2,1H3,(H,21,22,23). The fourth-order valence-electron chi connectivity index (χ4n) is 2.62. The van der Waals surface area contributed by atoms with Crippen LogP contribution in [0.4, 0.5) is 16.1 Å². The molecule has 1 heterocycles. The van der Waals surface area contributed by atoms with Crippen molar-refractivity contribution >= 4 is 11.7 Å². The molecule has 3 aromatic rings. The average Bonchev–Trinajstić information content (AvgIpc) is 3.11. The van der Waals surface area contributed by atoms with Crippen molar-refractivity contribution in [2.24, 2.45) is 0 Å². The van der Waals surface area contributed by atoms with Gasteiger partial charge in [-0.05, 0) is 37.6 Å². The summed E-state index contributed by atoms with van der Waals surface area (Å²) >= 11 is 0. The highest BCUT2D eigenvalue weighted by Gasteiger charge is 2.12. The van der Waals surface area contributed by atoms with E-state index in [4.69, 9.17) is 4.52 Å². The third-order valence-electron chi connectivity index (χ3n) is 3.92. The molecule has 0 fully saturated rings. The van der Waals surface area contributed by atoms with E-state index in [0.717, 1.165) is 19.5 Å². The number of para-hydroxylation sites is 1. The van der Waals surface area contributed by atoms with Crippen LogP contribution in [0.3, 0.4) is 0 Å². The maximum absolute atomic E-state index is 13.7. The number of hydrogen-bond donors (Lipinski definition) is 1. The van der Waals surface area contributed by atoms with E-state index in [0.29, 0.717) is 18.1 Å². The smallest absolute Gasteiger partial charge is 0.321 e. The normalized spacial score (nSPS) is 10.6. The Hall–Kier alpha value is -2.89. The van der Waals surface area contributed by atoms with Gasteiger partial charge in [0.2, 0.25) is 5.82 Å². The summed E-state index contributed by atoms with van der Waals surface area (Å²) in [5.74, 6) is -0.114. The van der Waals surface area contributed by atoms with E-state index in [1.54, 1.807) is 18.2 Å². The van der Waals surface area contributed by atoms with Crippen molar-refractivity contribution in [1.82, 2.24) is 10.1 Å². The van der Waals surface area contributed by atoms with E-state index in [1.165, 1.54) is 11.8 Å². The summed E-state index contributed by atoms with van der Waals surface area (Å²) < 4.78 is 18.9. The summed E-state index contributed by atoms with van der Waals surface area (Å²) in [6, 6.07) is 17.0. The molecule has 0 saturated carbocycles. The Balaban J connectivity index is 1.51. The van der Waals surface area contributed by atoms with Crippen LogP contribution in [-0.2, 0) is 0 Å². The van der Waals surface area contributed by atoms with Crippen molar-refractivity contribution in [2.45, 2.75) is 13.3 Å². The van der Waals surface area contributed by atoms with Crippen molar-refractivity contribution < 1.29 is 8.91 Å². The lowest BCUT2D eigenvalue weighted by Crippen LogP contribution is -2.25. The molecule has 6 heteroatoms. The molecule has 0 spiro atoms. The van der Waals surface area contributed by atoms with Crippen LogP contribution in [-0.4, -0.2) is 29.8 Å². The van der Waals surface area contributed by atoms with Crippen molar-refractivity contribution in [3.05, 3.63) is 60.4 Å². The molecule has 0 radical (unpaired) electrons. The lowest BCUT2D eigenvalue weighted by molar-refractivity contribution is 0.431. The number of rotatable bonds is 8. The summed E-state index contributed by atoms with van der Waals surface area (Å²) in [4.78, 5) is 6.50. The first-order chi connectivity index (χ1) is 12.3. The summed E-state index contributed by atoms with van der Waals surface area (Å²) in [6.07, 6.45) is 0.917. The molecule has 0 aliphatic heterocycles. The van der Waals surface area contributed by atoms with E-state index >= 15 is 0 Å². The number of nitrogens with one attached hydrogen (secondary N) is 1. The zero-order valence-electron chi connectivity index (χ0n) is 14.2. The minimum absolute atomic E-state index is 0.250. The summed E-state index contributed by atoms with van der Waals surface area (Å²) in [6.45, 7) is 4.70. The predicted molar refractivity (Wildman–Crippen MR) is 97.1 cm³/mol. The molecule has 130 valence electrons. The average molecular weight is 340 g/mol. The Morgan fingerprint density at radius 1 is 1.08 bits per heavy atom. The zero-order chi connectivity index (χ0) is 17.5. The van der Waals surface area contributed by atoms with Gasteiger partial charge >= 0.3 is 6.01 Å². The fourth-order valence-corrected chi connectivity index (χ4v) is 2.62. The highest BCUT2D eigenvalue weighted by Crippen LogP contribution is 2.20. The second-order valence-electron chi connectivity index (χ2n) is 5.60. The zero-order valence-corrected chi connectivity index (χ0v) is 14.2. The molecule has 0 aliphatic rings. The Bertz CT molecular complexity index is 791. The summed E-state index contributed by atoms with van der Waals surface area (Å²) in [5, 5.41) is 6.92. The second-order valence-corrected chi connectivity index (χ2v) is 5.60. The van der Waals surface area contributed by atoms with E-state index in [1.807, 2.05) is 18.2 Å². The van der Waals surface area contributed by atoms with E-state index < -0.39 is 0 Å². The minimum atomic E-state index is -0.365. The van der Waals surface area contributed by atoms with Crippen molar-refractivity contribution in [2.75, 3.05) is 29.9 Å². The highest BCUT2D eigenvalue weighted by atomic mass is 19.1. The Kier molecular flexibility index (Phi) is 5.61. The van der Waals surface area contributed by atoms with E-state index in [-0.39, 0.29) is 11.6 Å². The van der Waals surface area contributed by atoms with Crippen LogP contribution in [0, 0.1) is 5.82 Å². The Morgan fingerprint density at radius 3 is 2.60 bits per heavy atom. The van der Waals surface area contributed by atoms with Gasteiger partial charge < -0.3 is 14.7 Å². The highest BCUT2D eigenvalue weighted by molar-refractivity contribution is 5.56. The largest absolute Gasteiger partial charge is 0.372 e. The number of nitrogens with zero attached hydrogens (tertiary/aromatic N) is 3. The molecular formula is C19H21FN4O. The van der Waals surface area contributed by atoms with E-state index in [9.17, 15) is 4.39 Å². The van der Waals surface area contributed by atoms with Gasteiger partial charge in [-0.25, -0.2) is 4.39 Å². The number of hydrogen-bond acceptors (Lipinski definition) is 5. The van der Waals surface area contributed by atoms with Crippen LogP contribution in [0.2, 0.25) is 0 Å². The number of benzene rings is 2. The molecule has 1 N–H and O–H groups in total. The van der Waals surface area contributed by atoms with Crippen LogP contribution >= 0.6 is 0 Å². The number of anilines is 2. The van der Waals surface area contributed by atoms with Gasteiger partial charge in [0.25, 0.3) is 0 Å². The molecule has 0 aliphatic carbocycles. The molecule has 0 atom stereocenters. The quantitative estimate of drug-likeness (QED) is 0.623. The Morgan fingerprint density at radius 2 is 1.84 bits per heavy atom. The predicted octanol–water partition coefficient (Wildman–Crippen LogP) is 4.20. The third-order valence-corrected chi connectivity index (χ3v) is 3.92. The van der Waals surface area contributed by atoms with Crippen LogP contribution in [0.15, 0.2) is 59.1 Å². The van der Waals surface area contributed by atoms with Crippen molar-refractivity contribution in [3.8, 4) is 11.4 Å². The molecule has 0 unspecified atom stereocenters. The monoisotopic (exact) mass is 340 g/mol. The lowest BCUT2D eigenvalue weighted by atomic mass is 10.2. The summed E-state index contributed by atoms with van der Waals surface area (Å²) in [5.41, 5.74) is 1.55. The molecule has 2 aromatic carbocycles.